The number of carbonyl (C=O) groups is 1. The average Bonchev–Trinajstić information content (AvgIpc) is 2.76. The first kappa shape index (κ1) is 11.7. The van der Waals surface area contributed by atoms with E-state index < -0.39 is 0 Å². The number of amides is 1. The Morgan fingerprint density at radius 3 is 3.00 bits per heavy atom. The van der Waals surface area contributed by atoms with E-state index in [4.69, 9.17) is 9.84 Å². The van der Waals surface area contributed by atoms with E-state index in [0.717, 1.165) is 0 Å². The number of aromatic amines is 1. The quantitative estimate of drug-likeness (QED) is 0.667. The summed E-state index contributed by atoms with van der Waals surface area (Å²) in [5, 5.41) is 8.82. The molecule has 6 heteroatoms. The largest absolute Gasteiger partial charge is 0.395 e. The van der Waals surface area contributed by atoms with Gasteiger partial charge in [-0.2, -0.15) is 0 Å². The van der Waals surface area contributed by atoms with Crippen molar-refractivity contribution in [3.8, 4) is 0 Å². The van der Waals surface area contributed by atoms with Crippen LogP contribution in [0, 0.1) is 0 Å². The van der Waals surface area contributed by atoms with Crippen LogP contribution in [-0.4, -0.2) is 59.3 Å². The molecule has 0 spiro atoms. The predicted molar refractivity (Wildman–Crippen MR) is 53.5 cm³/mol. The first-order valence-corrected chi connectivity index (χ1v) is 4.67. The molecule has 0 aliphatic heterocycles. The molecule has 1 heterocycles. The van der Waals surface area contributed by atoms with Gasteiger partial charge in [-0.1, -0.05) is 0 Å². The zero-order valence-electron chi connectivity index (χ0n) is 8.64. The van der Waals surface area contributed by atoms with E-state index in [2.05, 4.69) is 9.97 Å². The second kappa shape index (κ2) is 6.15. The first-order chi connectivity index (χ1) is 7.29. The summed E-state index contributed by atoms with van der Waals surface area (Å²) in [4.78, 5) is 19.8. The fourth-order valence-corrected chi connectivity index (χ4v) is 1.18. The van der Waals surface area contributed by atoms with Crippen molar-refractivity contribution in [1.82, 2.24) is 14.9 Å². The van der Waals surface area contributed by atoms with E-state index in [1.807, 2.05) is 0 Å². The van der Waals surface area contributed by atoms with Crippen molar-refractivity contribution in [3.63, 3.8) is 0 Å². The van der Waals surface area contributed by atoms with Gasteiger partial charge in [-0.25, -0.2) is 4.98 Å². The second-order valence-electron chi connectivity index (χ2n) is 2.97. The van der Waals surface area contributed by atoms with Crippen LogP contribution in [0.2, 0.25) is 0 Å². The Kier molecular flexibility index (Phi) is 4.79. The van der Waals surface area contributed by atoms with Gasteiger partial charge in [0.1, 0.15) is 5.69 Å². The van der Waals surface area contributed by atoms with Gasteiger partial charge in [-0.05, 0) is 0 Å². The number of aliphatic hydroxyl groups is 1. The maximum absolute atomic E-state index is 11.8. The van der Waals surface area contributed by atoms with E-state index in [0.29, 0.717) is 25.4 Å². The molecular formula is C9H15N3O3. The molecule has 0 fully saturated rings. The Morgan fingerprint density at radius 1 is 1.67 bits per heavy atom. The second-order valence-corrected chi connectivity index (χ2v) is 2.97. The number of H-pyrrole nitrogens is 1. The molecule has 15 heavy (non-hydrogen) atoms. The highest BCUT2D eigenvalue weighted by Gasteiger charge is 2.15. The number of methoxy groups -OCH3 is 1. The molecule has 0 saturated carbocycles. The van der Waals surface area contributed by atoms with Crippen molar-refractivity contribution < 1.29 is 14.6 Å². The summed E-state index contributed by atoms with van der Waals surface area (Å²) in [6.07, 6.45) is 2.90. The highest BCUT2D eigenvalue weighted by molar-refractivity contribution is 5.92. The lowest BCUT2D eigenvalue weighted by Gasteiger charge is -2.20. The van der Waals surface area contributed by atoms with Gasteiger partial charge in [0.25, 0.3) is 5.91 Å². The zero-order chi connectivity index (χ0) is 11.1. The molecule has 1 aromatic rings. The van der Waals surface area contributed by atoms with Gasteiger partial charge in [-0.15, -0.1) is 0 Å². The molecule has 0 saturated heterocycles. The predicted octanol–water partition coefficient (Wildman–Crippen LogP) is -0.509. The fraction of sp³-hybridized carbons (Fsp3) is 0.556. The third-order valence-corrected chi connectivity index (χ3v) is 1.95. The van der Waals surface area contributed by atoms with Crippen LogP contribution in [0.15, 0.2) is 12.5 Å². The van der Waals surface area contributed by atoms with Crippen molar-refractivity contribution in [1.29, 1.82) is 0 Å². The van der Waals surface area contributed by atoms with Gasteiger partial charge in [-0.3, -0.25) is 4.79 Å². The lowest BCUT2D eigenvalue weighted by molar-refractivity contribution is 0.0651. The summed E-state index contributed by atoms with van der Waals surface area (Å²) in [7, 11) is 1.57. The van der Waals surface area contributed by atoms with Crippen molar-refractivity contribution >= 4 is 5.91 Å². The first-order valence-electron chi connectivity index (χ1n) is 4.67. The van der Waals surface area contributed by atoms with Crippen LogP contribution in [0.1, 0.15) is 10.5 Å². The Balaban J connectivity index is 2.58. The van der Waals surface area contributed by atoms with Gasteiger partial charge in [0.15, 0.2) is 0 Å². The smallest absolute Gasteiger partial charge is 0.272 e. The molecule has 0 radical (unpaired) electrons. The SMILES string of the molecule is COCCN(CCO)C(=O)c1cnc[nH]1. The fourth-order valence-electron chi connectivity index (χ4n) is 1.18. The van der Waals surface area contributed by atoms with Crippen molar-refractivity contribution in [3.05, 3.63) is 18.2 Å². The highest BCUT2D eigenvalue weighted by Crippen LogP contribution is 1.99. The minimum Gasteiger partial charge on any atom is -0.395 e. The number of hydrogen-bond donors (Lipinski definition) is 2. The minimum atomic E-state index is -0.182. The molecule has 1 rings (SSSR count). The Hall–Kier alpha value is -1.40. The molecule has 0 unspecified atom stereocenters. The van der Waals surface area contributed by atoms with Crippen molar-refractivity contribution in [2.45, 2.75) is 0 Å². The number of rotatable bonds is 6. The van der Waals surface area contributed by atoms with Gasteiger partial charge in [0.2, 0.25) is 0 Å². The third-order valence-electron chi connectivity index (χ3n) is 1.95. The van der Waals surface area contributed by atoms with E-state index in [-0.39, 0.29) is 12.5 Å². The van der Waals surface area contributed by atoms with E-state index in [9.17, 15) is 4.79 Å². The topological polar surface area (TPSA) is 78.5 Å². The summed E-state index contributed by atoms with van der Waals surface area (Å²) < 4.78 is 4.88. The van der Waals surface area contributed by atoms with Crippen LogP contribution < -0.4 is 0 Å². The van der Waals surface area contributed by atoms with E-state index in [1.165, 1.54) is 17.4 Å². The van der Waals surface area contributed by atoms with Crippen LogP contribution in [0.3, 0.4) is 0 Å². The van der Waals surface area contributed by atoms with Crippen LogP contribution in [0.4, 0.5) is 0 Å². The summed E-state index contributed by atoms with van der Waals surface area (Å²) >= 11 is 0. The Morgan fingerprint density at radius 2 is 2.47 bits per heavy atom. The van der Waals surface area contributed by atoms with E-state index in [1.54, 1.807) is 7.11 Å². The Bertz CT molecular complexity index is 287. The average molecular weight is 213 g/mol. The molecule has 0 aromatic carbocycles. The van der Waals surface area contributed by atoms with Gasteiger partial charge in [0, 0.05) is 20.2 Å². The summed E-state index contributed by atoms with van der Waals surface area (Å²) in [6, 6.07) is 0. The maximum Gasteiger partial charge on any atom is 0.272 e. The van der Waals surface area contributed by atoms with Crippen LogP contribution in [-0.2, 0) is 4.74 Å². The number of imidazole rings is 1. The number of aliphatic hydroxyl groups excluding tert-OH is 1. The lowest BCUT2D eigenvalue weighted by atomic mass is 10.3. The van der Waals surface area contributed by atoms with Gasteiger partial charge >= 0.3 is 0 Å². The van der Waals surface area contributed by atoms with Crippen LogP contribution >= 0.6 is 0 Å². The molecular weight excluding hydrogens is 198 g/mol. The highest BCUT2D eigenvalue weighted by atomic mass is 16.5. The molecule has 2 N–H and O–H groups in total. The number of nitrogens with zero attached hydrogens (tertiary/aromatic N) is 2. The zero-order valence-corrected chi connectivity index (χ0v) is 8.64. The monoisotopic (exact) mass is 213 g/mol. The van der Waals surface area contributed by atoms with Crippen molar-refractivity contribution in [2.24, 2.45) is 0 Å². The number of aromatic nitrogens is 2. The van der Waals surface area contributed by atoms with Gasteiger partial charge < -0.3 is 19.7 Å². The van der Waals surface area contributed by atoms with Gasteiger partial charge in [0.05, 0.1) is 25.7 Å². The standard InChI is InChI=1S/C9H15N3O3/c1-15-5-3-12(2-4-13)9(14)8-6-10-7-11-8/h6-7,13H,2-5H2,1H3,(H,10,11). The van der Waals surface area contributed by atoms with Crippen molar-refractivity contribution in [2.75, 3.05) is 33.4 Å². The summed E-state index contributed by atoms with van der Waals surface area (Å²) in [5.41, 5.74) is 0.416. The van der Waals surface area contributed by atoms with Crippen LogP contribution in [0.25, 0.3) is 0 Å². The number of hydrogen-bond acceptors (Lipinski definition) is 4. The maximum atomic E-state index is 11.8. The number of nitrogens with one attached hydrogen (secondary N) is 1. The molecule has 6 nitrogen and oxygen atoms in total. The van der Waals surface area contributed by atoms with Crippen LogP contribution in [0.5, 0.6) is 0 Å². The number of carbonyl (C=O) groups excluding carboxylic acids is 1. The molecule has 0 aliphatic carbocycles. The molecule has 0 atom stereocenters. The normalized spacial score (nSPS) is 10.3. The number of ether oxygens (including phenoxy) is 1. The molecule has 0 aliphatic rings. The lowest BCUT2D eigenvalue weighted by Crippen LogP contribution is -2.36. The molecule has 84 valence electrons. The molecule has 0 bridgehead atoms. The van der Waals surface area contributed by atoms with E-state index >= 15 is 0 Å². The minimum absolute atomic E-state index is 0.0659. The summed E-state index contributed by atoms with van der Waals surface area (Å²) in [5.74, 6) is -0.182. The third kappa shape index (κ3) is 3.34. The summed E-state index contributed by atoms with van der Waals surface area (Å²) in [6.45, 7) is 1.12. The Labute approximate surface area is 87.9 Å². The molecule has 1 aromatic heterocycles. The molecule has 1 amide bonds.